The van der Waals surface area contributed by atoms with Crippen LogP contribution in [-0.2, 0) is 20.1 Å². The van der Waals surface area contributed by atoms with Gasteiger partial charge in [0.1, 0.15) is 0 Å². The Morgan fingerprint density at radius 2 is 1.60 bits per heavy atom. The van der Waals surface area contributed by atoms with E-state index in [4.69, 9.17) is 5.26 Å². The Balaban J connectivity index is 1.55. The minimum atomic E-state index is 0.0507. The van der Waals surface area contributed by atoms with Crippen LogP contribution in [0, 0.1) is 11.3 Å². The number of rotatable bonds is 4. The summed E-state index contributed by atoms with van der Waals surface area (Å²) in [5.41, 5.74) is 3.09. The van der Waals surface area contributed by atoms with Crippen LogP contribution in [0.3, 0.4) is 0 Å². The van der Waals surface area contributed by atoms with Crippen molar-refractivity contribution in [2.75, 3.05) is 26.2 Å². The molecule has 5 nitrogen and oxygen atoms in total. The fourth-order valence-corrected chi connectivity index (χ4v) is 3.23. The minimum absolute atomic E-state index is 0.0507. The standard InChI is InChI=1S/C20H24N4O/c1-22-10-7-19(13-20(22)25)16-24-9-2-8-23(11-12-24)15-18-5-3-17(14-21)4-6-18/h3-7,10,13H,2,8-9,11-12,15-16H2,1H3. The molecule has 1 fully saturated rings. The smallest absolute Gasteiger partial charge is 0.250 e. The quantitative estimate of drug-likeness (QED) is 0.856. The van der Waals surface area contributed by atoms with E-state index in [9.17, 15) is 4.79 Å². The van der Waals surface area contributed by atoms with Crippen LogP contribution in [-0.4, -0.2) is 40.5 Å². The average Bonchev–Trinajstić information content (AvgIpc) is 2.84. The van der Waals surface area contributed by atoms with Gasteiger partial charge in [-0.05, 0) is 48.8 Å². The third-order valence-corrected chi connectivity index (χ3v) is 4.75. The summed E-state index contributed by atoms with van der Waals surface area (Å²) in [4.78, 5) is 16.7. The average molecular weight is 336 g/mol. The van der Waals surface area contributed by atoms with E-state index in [1.54, 1.807) is 17.7 Å². The molecule has 5 heteroatoms. The summed E-state index contributed by atoms with van der Waals surface area (Å²) >= 11 is 0. The number of hydrogen-bond acceptors (Lipinski definition) is 4. The topological polar surface area (TPSA) is 52.3 Å². The second-order valence-corrected chi connectivity index (χ2v) is 6.70. The van der Waals surface area contributed by atoms with E-state index in [0.717, 1.165) is 51.3 Å². The molecule has 0 bridgehead atoms. The molecule has 25 heavy (non-hydrogen) atoms. The van der Waals surface area contributed by atoms with Gasteiger partial charge in [-0.3, -0.25) is 14.6 Å². The molecule has 0 radical (unpaired) electrons. The van der Waals surface area contributed by atoms with Gasteiger partial charge in [0.05, 0.1) is 11.6 Å². The van der Waals surface area contributed by atoms with Crippen LogP contribution < -0.4 is 5.56 Å². The zero-order valence-corrected chi connectivity index (χ0v) is 14.7. The van der Waals surface area contributed by atoms with Crippen molar-refractivity contribution < 1.29 is 0 Å². The highest BCUT2D eigenvalue weighted by molar-refractivity contribution is 5.31. The van der Waals surface area contributed by atoms with Crippen molar-refractivity contribution in [2.45, 2.75) is 19.5 Å². The highest BCUT2D eigenvalue weighted by atomic mass is 16.1. The van der Waals surface area contributed by atoms with Crippen molar-refractivity contribution in [2.24, 2.45) is 7.05 Å². The van der Waals surface area contributed by atoms with E-state index >= 15 is 0 Å². The largest absolute Gasteiger partial charge is 0.319 e. The molecular weight excluding hydrogens is 312 g/mol. The summed E-state index contributed by atoms with van der Waals surface area (Å²) in [6.07, 6.45) is 2.97. The van der Waals surface area contributed by atoms with Gasteiger partial charge in [-0.1, -0.05) is 12.1 Å². The molecule has 1 aliphatic heterocycles. The molecule has 130 valence electrons. The van der Waals surface area contributed by atoms with E-state index in [2.05, 4.69) is 15.9 Å². The van der Waals surface area contributed by atoms with Crippen LogP contribution in [0.15, 0.2) is 47.4 Å². The maximum atomic E-state index is 11.8. The second kappa shape index (κ2) is 8.11. The Kier molecular flexibility index (Phi) is 5.64. The lowest BCUT2D eigenvalue weighted by atomic mass is 10.1. The lowest BCUT2D eigenvalue weighted by Gasteiger charge is -2.22. The molecule has 1 aromatic carbocycles. The number of hydrogen-bond donors (Lipinski definition) is 0. The van der Waals surface area contributed by atoms with Crippen LogP contribution in [0.5, 0.6) is 0 Å². The minimum Gasteiger partial charge on any atom is -0.319 e. The third-order valence-electron chi connectivity index (χ3n) is 4.75. The molecule has 1 saturated heterocycles. The Labute approximate surface area is 148 Å². The first-order valence-electron chi connectivity index (χ1n) is 8.73. The maximum absolute atomic E-state index is 11.8. The predicted octanol–water partition coefficient (Wildman–Crippen LogP) is 1.96. The lowest BCUT2D eigenvalue weighted by Crippen LogP contribution is -2.30. The van der Waals surface area contributed by atoms with Gasteiger partial charge in [-0.15, -0.1) is 0 Å². The number of pyridine rings is 1. The molecule has 0 spiro atoms. The van der Waals surface area contributed by atoms with Crippen LogP contribution in [0.4, 0.5) is 0 Å². The van der Waals surface area contributed by atoms with Crippen molar-refractivity contribution in [3.05, 3.63) is 69.6 Å². The fourth-order valence-electron chi connectivity index (χ4n) is 3.23. The Morgan fingerprint density at radius 3 is 2.20 bits per heavy atom. The van der Waals surface area contributed by atoms with Crippen molar-refractivity contribution in [1.82, 2.24) is 14.4 Å². The summed E-state index contributed by atoms with van der Waals surface area (Å²) in [7, 11) is 1.78. The van der Waals surface area contributed by atoms with Crippen LogP contribution in [0.25, 0.3) is 0 Å². The van der Waals surface area contributed by atoms with Gasteiger partial charge >= 0.3 is 0 Å². The molecule has 1 aromatic heterocycles. The molecule has 0 aliphatic carbocycles. The lowest BCUT2D eigenvalue weighted by molar-refractivity contribution is 0.247. The first kappa shape index (κ1) is 17.4. The van der Waals surface area contributed by atoms with Crippen molar-refractivity contribution in [1.29, 1.82) is 5.26 Å². The molecule has 3 rings (SSSR count). The molecule has 1 aliphatic rings. The second-order valence-electron chi connectivity index (χ2n) is 6.70. The van der Waals surface area contributed by atoms with Gasteiger partial charge in [0.15, 0.2) is 0 Å². The number of aromatic nitrogens is 1. The van der Waals surface area contributed by atoms with Gasteiger partial charge in [-0.2, -0.15) is 5.26 Å². The summed E-state index contributed by atoms with van der Waals surface area (Å²) in [5, 5.41) is 8.88. The van der Waals surface area contributed by atoms with Crippen molar-refractivity contribution in [3.63, 3.8) is 0 Å². The predicted molar refractivity (Wildman–Crippen MR) is 98.0 cm³/mol. The summed E-state index contributed by atoms with van der Waals surface area (Å²) in [6, 6.07) is 13.8. The molecule has 0 atom stereocenters. The van der Waals surface area contributed by atoms with Gasteiger partial charge in [0.2, 0.25) is 0 Å². The van der Waals surface area contributed by atoms with Crippen LogP contribution >= 0.6 is 0 Å². The van der Waals surface area contributed by atoms with Gasteiger partial charge < -0.3 is 4.57 Å². The Hall–Kier alpha value is -2.42. The summed E-state index contributed by atoms with van der Waals surface area (Å²) in [5.74, 6) is 0. The normalized spacial score (nSPS) is 16.3. The van der Waals surface area contributed by atoms with Crippen molar-refractivity contribution in [3.8, 4) is 6.07 Å². The third kappa shape index (κ3) is 4.79. The van der Waals surface area contributed by atoms with Crippen LogP contribution in [0.1, 0.15) is 23.1 Å². The summed E-state index contributed by atoms with van der Waals surface area (Å²) in [6.45, 7) is 5.91. The number of nitrogens with zero attached hydrogens (tertiary/aromatic N) is 4. The maximum Gasteiger partial charge on any atom is 0.250 e. The molecule has 0 amide bonds. The Morgan fingerprint density at radius 1 is 0.960 bits per heavy atom. The monoisotopic (exact) mass is 336 g/mol. The molecule has 0 saturated carbocycles. The van der Waals surface area contributed by atoms with E-state index in [1.165, 1.54) is 5.56 Å². The Bertz CT molecular complexity index is 804. The highest BCUT2D eigenvalue weighted by Gasteiger charge is 2.15. The number of benzene rings is 1. The molecule has 2 heterocycles. The van der Waals surface area contributed by atoms with Gasteiger partial charge in [-0.25, -0.2) is 0 Å². The zero-order valence-electron chi connectivity index (χ0n) is 14.7. The zero-order chi connectivity index (χ0) is 17.6. The molecule has 0 unspecified atom stereocenters. The SMILES string of the molecule is Cn1ccc(CN2CCCN(Cc3ccc(C#N)cc3)CC2)cc1=O. The van der Waals surface area contributed by atoms with E-state index in [0.29, 0.717) is 5.56 Å². The van der Waals surface area contributed by atoms with E-state index < -0.39 is 0 Å². The van der Waals surface area contributed by atoms with E-state index in [-0.39, 0.29) is 5.56 Å². The van der Waals surface area contributed by atoms with Gasteiger partial charge in [0.25, 0.3) is 5.56 Å². The number of aryl methyl sites for hydroxylation is 1. The first-order chi connectivity index (χ1) is 12.1. The van der Waals surface area contributed by atoms with Crippen LogP contribution in [0.2, 0.25) is 0 Å². The first-order valence-corrected chi connectivity index (χ1v) is 8.73. The van der Waals surface area contributed by atoms with E-state index in [1.807, 2.05) is 36.5 Å². The fraction of sp³-hybridized carbons (Fsp3) is 0.400. The highest BCUT2D eigenvalue weighted by Crippen LogP contribution is 2.12. The molecule has 2 aromatic rings. The van der Waals surface area contributed by atoms with Crippen molar-refractivity contribution >= 4 is 0 Å². The molecule has 0 N–H and O–H groups in total. The van der Waals surface area contributed by atoms with Gasteiger partial charge in [0, 0.05) is 45.5 Å². The number of nitriles is 1. The summed E-state index contributed by atoms with van der Waals surface area (Å²) < 4.78 is 1.60. The molecular formula is C20H24N4O.